The Morgan fingerprint density at radius 1 is 0.667 bits per heavy atom. The zero-order valence-corrected chi connectivity index (χ0v) is 14.4. The number of anilines is 1. The van der Waals surface area contributed by atoms with E-state index in [0.29, 0.717) is 10.0 Å². The third kappa shape index (κ3) is 4.09. The molecule has 3 aromatic carbocycles. The molecule has 0 saturated heterocycles. The predicted molar refractivity (Wildman–Crippen MR) is 101 cm³/mol. The Hall–Kier alpha value is -2.00. The quantitative estimate of drug-likeness (QED) is 0.597. The van der Waals surface area contributed by atoms with Gasteiger partial charge >= 0.3 is 0 Å². The summed E-state index contributed by atoms with van der Waals surface area (Å²) in [5.41, 5.74) is 2.68. The number of aliphatic hydroxyl groups excluding tert-OH is 1. The average Bonchev–Trinajstić information content (AvgIpc) is 2.62. The molecular formula is C20H17Cl2NO. The van der Waals surface area contributed by atoms with Crippen molar-refractivity contribution in [2.45, 2.75) is 12.1 Å². The maximum absolute atomic E-state index is 10.9. The fourth-order valence-electron chi connectivity index (χ4n) is 2.58. The molecule has 0 heterocycles. The van der Waals surface area contributed by atoms with Gasteiger partial charge in [0.15, 0.2) is 0 Å². The summed E-state index contributed by atoms with van der Waals surface area (Å²) in [5.74, 6) is 0. The van der Waals surface area contributed by atoms with Gasteiger partial charge in [0.1, 0.15) is 6.10 Å². The molecule has 24 heavy (non-hydrogen) atoms. The van der Waals surface area contributed by atoms with Gasteiger partial charge in [-0.3, -0.25) is 0 Å². The lowest BCUT2D eigenvalue weighted by Crippen LogP contribution is -2.19. The van der Waals surface area contributed by atoms with Crippen LogP contribution in [0.3, 0.4) is 0 Å². The topological polar surface area (TPSA) is 32.3 Å². The van der Waals surface area contributed by atoms with Crippen LogP contribution in [0, 0.1) is 0 Å². The van der Waals surface area contributed by atoms with Gasteiger partial charge in [-0.15, -0.1) is 0 Å². The molecule has 3 rings (SSSR count). The van der Waals surface area contributed by atoms with Crippen LogP contribution in [0.2, 0.25) is 10.0 Å². The van der Waals surface area contributed by atoms with Crippen LogP contribution in [-0.2, 0) is 0 Å². The number of halogens is 2. The number of para-hydroxylation sites is 1. The van der Waals surface area contributed by atoms with E-state index in [1.807, 2.05) is 66.7 Å². The molecule has 0 unspecified atom stereocenters. The van der Waals surface area contributed by atoms with E-state index in [4.69, 9.17) is 23.2 Å². The maximum atomic E-state index is 10.9. The lowest BCUT2D eigenvalue weighted by molar-refractivity contribution is 0.155. The summed E-state index contributed by atoms with van der Waals surface area (Å²) in [6, 6.07) is 24.2. The molecule has 0 aliphatic rings. The van der Waals surface area contributed by atoms with Gasteiger partial charge in [0.25, 0.3) is 0 Å². The minimum absolute atomic E-state index is 0.314. The van der Waals surface area contributed by atoms with Crippen LogP contribution in [0.15, 0.2) is 78.9 Å². The van der Waals surface area contributed by atoms with E-state index in [1.54, 1.807) is 12.1 Å². The number of nitrogens with one attached hydrogen (secondary N) is 1. The van der Waals surface area contributed by atoms with Crippen molar-refractivity contribution in [3.63, 3.8) is 0 Å². The van der Waals surface area contributed by atoms with Crippen molar-refractivity contribution in [1.29, 1.82) is 0 Å². The van der Waals surface area contributed by atoms with Gasteiger partial charge in [-0.25, -0.2) is 0 Å². The van der Waals surface area contributed by atoms with Gasteiger partial charge in [-0.2, -0.15) is 0 Å². The Labute approximate surface area is 151 Å². The molecule has 2 nitrogen and oxygen atoms in total. The van der Waals surface area contributed by atoms with Crippen LogP contribution >= 0.6 is 23.2 Å². The zero-order chi connectivity index (χ0) is 16.9. The summed E-state index contributed by atoms with van der Waals surface area (Å²) in [7, 11) is 0. The minimum Gasteiger partial charge on any atom is -0.386 e. The zero-order valence-electron chi connectivity index (χ0n) is 12.9. The van der Waals surface area contributed by atoms with Gasteiger partial charge in [0.05, 0.1) is 6.04 Å². The second kappa shape index (κ2) is 7.71. The number of hydrogen-bond acceptors (Lipinski definition) is 2. The molecule has 0 aliphatic carbocycles. The molecule has 0 aromatic heterocycles. The van der Waals surface area contributed by atoms with Crippen molar-refractivity contribution in [3.8, 4) is 0 Å². The largest absolute Gasteiger partial charge is 0.386 e. The first-order valence-electron chi connectivity index (χ1n) is 7.64. The Morgan fingerprint density at radius 2 is 1.17 bits per heavy atom. The van der Waals surface area contributed by atoms with Gasteiger partial charge in [-0.05, 0) is 47.5 Å². The third-order valence-corrected chi connectivity index (χ3v) is 4.36. The van der Waals surface area contributed by atoms with Crippen LogP contribution < -0.4 is 5.32 Å². The minimum atomic E-state index is -0.733. The summed E-state index contributed by atoms with van der Waals surface area (Å²) in [6.07, 6.45) is -0.733. The first-order chi connectivity index (χ1) is 11.6. The lowest BCUT2D eigenvalue weighted by atomic mass is 9.95. The van der Waals surface area contributed by atoms with E-state index in [9.17, 15) is 5.11 Å². The van der Waals surface area contributed by atoms with E-state index < -0.39 is 6.10 Å². The number of hydrogen-bond donors (Lipinski definition) is 2. The Morgan fingerprint density at radius 3 is 1.71 bits per heavy atom. The predicted octanol–water partition coefficient (Wildman–Crippen LogP) is 5.88. The molecular weight excluding hydrogens is 341 g/mol. The van der Waals surface area contributed by atoms with Crippen LogP contribution in [-0.4, -0.2) is 5.11 Å². The van der Waals surface area contributed by atoms with E-state index in [1.165, 1.54) is 0 Å². The summed E-state index contributed by atoms with van der Waals surface area (Å²) in [4.78, 5) is 0. The maximum Gasteiger partial charge on any atom is 0.103 e. The summed E-state index contributed by atoms with van der Waals surface area (Å²) in [6.45, 7) is 0. The van der Waals surface area contributed by atoms with Gasteiger partial charge in [0, 0.05) is 15.7 Å². The van der Waals surface area contributed by atoms with Crippen molar-refractivity contribution in [1.82, 2.24) is 0 Å². The van der Waals surface area contributed by atoms with Crippen LogP contribution in [0.4, 0.5) is 5.69 Å². The SMILES string of the molecule is O[C@H](c1ccc(Cl)cc1)[C@H](Nc1ccccc1)c1ccc(Cl)cc1. The Balaban J connectivity index is 1.94. The highest BCUT2D eigenvalue weighted by molar-refractivity contribution is 6.30. The Bertz CT molecular complexity index is 773. The van der Waals surface area contributed by atoms with E-state index in [2.05, 4.69) is 5.32 Å². The van der Waals surface area contributed by atoms with Gasteiger partial charge in [0.2, 0.25) is 0 Å². The highest BCUT2D eigenvalue weighted by atomic mass is 35.5. The molecule has 122 valence electrons. The second-order valence-corrected chi connectivity index (χ2v) is 6.41. The highest BCUT2D eigenvalue weighted by Gasteiger charge is 2.22. The monoisotopic (exact) mass is 357 g/mol. The molecule has 3 aromatic rings. The second-order valence-electron chi connectivity index (χ2n) is 5.54. The Kier molecular flexibility index (Phi) is 5.41. The molecule has 2 N–H and O–H groups in total. The first kappa shape index (κ1) is 16.8. The van der Waals surface area contributed by atoms with Crippen molar-refractivity contribution in [3.05, 3.63) is 100 Å². The molecule has 0 bridgehead atoms. The summed E-state index contributed by atoms with van der Waals surface area (Å²) < 4.78 is 0. The van der Waals surface area contributed by atoms with Gasteiger partial charge < -0.3 is 10.4 Å². The molecule has 4 heteroatoms. The smallest absolute Gasteiger partial charge is 0.103 e. The molecule has 0 saturated carbocycles. The lowest BCUT2D eigenvalue weighted by Gasteiger charge is -2.26. The fourth-order valence-corrected chi connectivity index (χ4v) is 2.83. The van der Waals surface area contributed by atoms with Crippen LogP contribution in [0.5, 0.6) is 0 Å². The number of rotatable bonds is 5. The average molecular weight is 358 g/mol. The van der Waals surface area contributed by atoms with Crippen LogP contribution in [0.25, 0.3) is 0 Å². The fraction of sp³-hybridized carbons (Fsp3) is 0.100. The van der Waals surface area contributed by atoms with E-state index in [-0.39, 0.29) is 6.04 Å². The van der Waals surface area contributed by atoms with Crippen molar-refractivity contribution >= 4 is 28.9 Å². The molecule has 0 spiro atoms. The number of aliphatic hydroxyl groups is 1. The molecule has 0 amide bonds. The standard InChI is InChI=1S/C20H17Cl2NO/c21-16-10-6-14(7-11-16)19(23-18-4-2-1-3-5-18)20(24)15-8-12-17(22)13-9-15/h1-13,19-20,23-24H/t19-,20-/m1/s1. The van der Waals surface area contributed by atoms with Crippen molar-refractivity contribution in [2.75, 3.05) is 5.32 Å². The van der Waals surface area contributed by atoms with Gasteiger partial charge in [-0.1, -0.05) is 65.7 Å². The number of benzene rings is 3. The molecule has 0 fully saturated rings. The molecule has 0 radical (unpaired) electrons. The van der Waals surface area contributed by atoms with E-state index in [0.717, 1.165) is 16.8 Å². The van der Waals surface area contributed by atoms with E-state index >= 15 is 0 Å². The molecule has 0 aliphatic heterocycles. The highest BCUT2D eigenvalue weighted by Crippen LogP contribution is 2.33. The first-order valence-corrected chi connectivity index (χ1v) is 8.39. The third-order valence-electron chi connectivity index (χ3n) is 3.85. The van der Waals surface area contributed by atoms with Crippen LogP contribution in [0.1, 0.15) is 23.3 Å². The van der Waals surface area contributed by atoms with Crippen molar-refractivity contribution in [2.24, 2.45) is 0 Å². The van der Waals surface area contributed by atoms with Crippen molar-refractivity contribution < 1.29 is 5.11 Å². The molecule has 2 atom stereocenters. The summed E-state index contributed by atoms with van der Waals surface area (Å²) >= 11 is 11.9. The normalized spacial score (nSPS) is 13.3. The summed E-state index contributed by atoms with van der Waals surface area (Å²) in [5, 5.41) is 15.6.